The van der Waals surface area contributed by atoms with Gasteiger partial charge in [0.15, 0.2) is 0 Å². The van der Waals surface area contributed by atoms with Crippen LogP contribution in [0.2, 0.25) is 0 Å². The normalized spacial score (nSPS) is 13.9. The lowest BCUT2D eigenvalue weighted by Crippen LogP contribution is -2.28. The van der Waals surface area contributed by atoms with Crippen molar-refractivity contribution in [3.8, 4) is 0 Å². The molecule has 1 aliphatic heterocycles. The summed E-state index contributed by atoms with van der Waals surface area (Å²) in [5, 5.41) is 9.50. The van der Waals surface area contributed by atoms with Gasteiger partial charge in [-0.15, -0.1) is 0 Å². The van der Waals surface area contributed by atoms with Crippen molar-refractivity contribution < 1.29 is 9.59 Å². The standard InChI is InChI=1S/C18H22N4O2/c23-17(7-6-15-12-20-21-13-15)19-11-14-4-3-5-16(10-14)18(24)22-8-1-2-9-22/h3-5,10,12-13H,1-2,6-9,11H2,(H,19,23)(H,20,21). The summed E-state index contributed by atoms with van der Waals surface area (Å²) in [7, 11) is 0. The van der Waals surface area contributed by atoms with Crippen molar-refractivity contribution in [3.05, 3.63) is 53.3 Å². The molecular formula is C18H22N4O2. The van der Waals surface area contributed by atoms with Gasteiger partial charge in [-0.1, -0.05) is 12.1 Å². The zero-order valence-electron chi connectivity index (χ0n) is 13.6. The summed E-state index contributed by atoms with van der Waals surface area (Å²) in [6.07, 6.45) is 6.76. The van der Waals surface area contributed by atoms with E-state index in [0.717, 1.165) is 37.1 Å². The Kier molecular flexibility index (Phi) is 5.25. The molecule has 0 unspecified atom stereocenters. The predicted molar refractivity (Wildman–Crippen MR) is 90.3 cm³/mol. The maximum Gasteiger partial charge on any atom is 0.253 e. The molecule has 1 saturated heterocycles. The lowest BCUT2D eigenvalue weighted by atomic mass is 10.1. The van der Waals surface area contributed by atoms with Gasteiger partial charge in [-0.3, -0.25) is 14.7 Å². The number of H-pyrrole nitrogens is 1. The number of rotatable bonds is 6. The van der Waals surface area contributed by atoms with Gasteiger partial charge in [0.25, 0.3) is 5.91 Å². The summed E-state index contributed by atoms with van der Waals surface area (Å²) in [6.45, 7) is 2.12. The smallest absolute Gasteiger partial charge is 0.253 e. The Morgan fingerprint density at radius 1 is 1.21 bits per heavy atom. The lowest BCUT2D eigenvalue weighted by molar-refractivity contribution is -0.121. The number of aromatic amines is 1. The monoisotopic (exact) mass is 326 g/mol. The minimum absolute atomic E-state index is 0.00697. The molecule has 0 spiro atoms. The van der Waals surface area contributed by atoms with Crippen LogP contribution >= 0.6 is 0 Å². The minimum atomic E-state index is -0.00697. The van der Waals surface area contributed by atoms with E-state index in [1.165, 1.54) is 0 Å². The third-order valence-corrected chi connectivity index (χ3v) is 4.25. The van der Waals surface area contributed by atoms with Crippen LogP contribution in [-0.2, 0) is 17.8 Å². The quantitative estimate of drug-likeness (QED) is 0.851. The van der Waals surface area contributed by atoms with Crippen LogP contribution < -0.4 is 5.32 Å². The fourth-order valence-corrected chi connectivity index (χ4v) is 2.88. The van der Waals surface area contributed by atoms with Gasteiger partial charge in [-0.2, -0.15) is 5.10 Å². The Bertz CT molecular complexity index is 691. The fourth-order valence-electron chi connectivity index (χ4n) is 2.88. The van der Waals surface area contributed by atoms with E-state index in [2.05, 4.69) is 15.5 Å². The van der Waals surface area contributed by atoms with Gasteiger partial charge >= 0.3 is 0 Å². The molecule has 3 rings (SSSR count). The van der Waals surface area contributed by atoms with Crippen molar-refractivity contribution >= 4 is 11.8 Å². The van der Waals surface area contributed by atoms with Gasteiger partial charge in [-0.25, -0.2) is 0 Å². The van der Waals surface area contributed by atoms with Crippen LogP contribution in [0.4, 0.5) is 0 Å². The summed E-state index contributed by atoms with van der Waals surface area (Å²) in [4.78, 5) is 26.2. The summed E-state index contributed by atoms with van der Waals surface area (Å²) >= 11 is 0. The maximum atomic E-state index is 12.4. The van der Waals surface area contributed by atoms with Crippen molar-refractivity contribution in [2.45, 2.75) is 32.2 Å². The summed E-state index contributed by atoms with van der Waals surface area (Å²) in [5.41, 5.74) is 2.65. The molecule has 0 saturated carbocycles. The van der Waals surface area contributed by atoms with E-state index >= 15 is 0 Å². The largest absolute Gasteiger partial charge is 0.352 e. The Morgan fingerprint density at radius 3 is 2.79 bits per heavy atom. The molecule has 6 heteroatoms. The first kappa shape index (κ1) is 16.2. The molecule has 1 aliphatic rings. The first-order chi connectivity index (χ1) is 11.7. The van der Waals surface area contributed by atoms with Gasteiger partial charge < -0.3 is 10.2 Å². The van der Waals surface area contributed by atoms with E-state index in [1.54, 1.807) is 12.4 Å². The second-order valence-electron chi connectivity index (χ2n) is 6.08. The van der Waals surface area contributed by atoms with Crippen LogP contribution in [-0.4, -0.2) is 40.0 Å². The average Bonchev–Trinajstić information content (AvgIpc) is 3.31. The number of hydrogen-bond acceptors (Lipinski definition) is 3. The number of nitrogens with zero attached hydrogens (tertiary/aromatic N) is 2. The Hall–Kier alpha value is -2.63. The van der Waals surface area contributed by atoms with Gasteiger partial charge in [0.1, 0.15) is 0 Å². The molecule has 2 N–H and O–H groups in total. The lowest BCUT2D eigenvalue weighted by Gasteiger charge is -2.15. The molecule has 2 amide bonds. The fraction of sp³-hybridized carbons (Fsp3) is 0.389. The number of carbonyl (C=O) groups excluding carboxylic acids is 2. The second-order valence-corrected chi connectivity index (χ2v) is 6.08. The summed E-state index contributed by atoms with van der Waals surface area (Å²) in [5.74, 6) is 0.0770. The number of carbonyl (C=O) groups is 2. The molecule has 24 heavy (non-hydrogen) atoms. The first-order valence-corrected chi connectivity index (χ1v) is 8.35. The number of aryl methyl sites for hydroxylation is 1. The number of benzene rings is 1. The number of amides is 2. The number of nitrogens with one attached hydrogen (secondary N) is 2. The molecule has 1 fully saturated rings. The Labute approximate surface area is 141 Å². The second kappa shape index (κ2) is 7.77. The van der Waals surface area contributed by atoms with Crippen LogP contribution in [0.25, 0.3) is 0 Å². The van der Waals surface area contributed by atoms with E-state index < -0.39 is 0 Å². The number of hydrogen-bond donors (Lipinski definition) is 2. The van der Waals surface area contributed by atoms with Crippen molar-refractivity contribution in [2.75, 3.05) is 13.1 Å². The molecular weight excluding hydrogens is 304 g/mol. The highest BCUT2D eigenvalue weighted by atomic mass is 16.2. The van der Waals surface area contributed by atoms with Gasteiger partial charge in [0.2, 0.25) is 5.91 Å². The predicted octanol–water partition coefficient (Wildman–Crippen LogP) is 1.89. The zero-order valence-corrected chi connectivity index (χ0v) is 13.6. The zero-order chi connectivity index (χ0) is 16.8. The maximum absolute atomic E-state index is 12.4. The molecule has 6 nitrogen and oxygen atoms in total. The van der Waals surface area contributed by atoms with E-state index in [1.807, 2.05) is 29.2 Å². The van der Waals surface area contributed by atoms with Crippen LogP contribution in [0.1, 0.15) is 40.7 Å². The van der Waals surface area contributed by atoms with Crippen LogP contribution in [0, 0.1) is 0 Å². The van der Waals surface area contributed by atoms with Crippen molar-refractivity contribution in [1.29, 1.82) is 0 Å². The molecule has 2 heterocycles. The summed E-state index contributed by atoms with van der Waals surface area (Å²) in [6, 6.07) is 7.51. The van der Waals surface area contributed by atoms with E-state index in [-0.39, 0.29) is 11.8 Å². The SMILES string of the molecule is O=C(CCc1cn[nH]c1)NCc1cccc(C(=O)N2CCCC2)c1. The molecule has 1 aromatic heterocycles. The molecule has 1 aromatic carbocycles. The Morgan fingerprint density at radius 2 is 2.04 bits per heavy atom. The first-order valence-electron chi connectivity index (χ1n) is 8.35. The van der Waals surface area contributed by atoms with Crippen LogP contribution in [0.3, 0.4) is 0 Å². The van der Waals surface area contributed by atoms with Gasteiger partial charge in [0, 0.05) is 37.8 Å². The van der Waals surface area contributed by atoms with Crippen molar-refractivity contribution in [1.82, 2.24) is 20.4 Å². The third-order valence-electron chi connectivity index (χ3n) is 4.25. The Balaban J connectivity index is 1.50. The topological polar surface area (TPSA) is 78.1 Å². The van der Waals surface area contributed by atoms with E-state index in [0.29, 0.717) is 24.9 Å². The average molecular weight is 326 g/mol. The molecule has 2 aromatic rings. The highest BCUT2D eigenvalue weighted by Crippen LogP contribution is 2.14. The molecule has 0 radical (unpaired) electrons. The molecule has 0 aliphatic carbocycles. The molecule has 126 valence electrons. The summed E-state index contributed by atoms with van der Waals surface area (Å²) < 4.78 is 0. The highest BCUT2D eigenvalue weighted by Gasteiger charge is 2.19. The van der Waals surface area contributed by atoms with Gasteiger partial charge in [0.05, 0.1) is 6.20 Å². The molecule has 0 atom stereocenters. The molecule has 0 bridgehead atoms. The number of aromatic nitrogens is 2. The van der Waals surface area contributed by atoms with Crippen LogP contribution in [0.5, 0.6) is 0 Å². The van der Waals surface area contributed by atoms with Gasteiger partial charge in [-0.05, 0) is 42.5 Å². The minimum Gasteiger partial charge on any atom is -0.352 e. The van der Waals surface area contributed by atoms with E-state index in [9.17, 15) is 9.59 Å². The van der Waals surface area contributed by atoms with E-state index in [4.69, 9.17) is 0 Å². The van der Waals surface area contributed by atoms with Crippen molar-refractivity contribution in [2.24, 2.45) is 0 Å². The highest BCUT2D eigenvalue weighted by molar-refractivity contribution is 5.94. The third kappa shape index (κ3) is 4.22. The van der Waals surface area contributed by atoms with Crippen molar-refractivity contribution in [3.63, 3.8) is 0 Å². The van der Waals surface area contributed by atoms with Crippen LogP contribution in [0.15, 0.2) is 36.7 Å². The number of likely N-dealkylation sites (tertiary alicyclic amines) is 1.